The van der Waals surface area contributed by atoms with Crippen LogP contribution in [-0.4, -0.2) is 51.8 Å². The highest BCUT2D eigenvalue weighted by atomic mass is 16.5. The SMILES string of the molecule is CCOCCCN(C)CCNC. The Kier molecular flexibility index (Phi) is 8.88. The third-order valence-corrected chi connectivity index (χ3v) is 1.78. The highest BCUT2D eigenvalue weighted by Gasteiger charge is 1.95. The van der Waals surface area contributed by atoms with Gasteiger partial charge in [-0.1, -0.05) is 0 Å². The van der Waals surface area contributed by atoms with Crippen molar-refractivity contribution in [3.8, 4) is 0 Å². The zero-order valence-corrected chi connectivity index (χ0v) is 8.60. The molecular weight excluding hydrogens is 152 g/mol. The van der Waals surface area contributed by atoms with Crippen LogP contribution < -0.4 is 5.32 Å². The van der Waals surface area contributed by atoms with Crippen molar-refractivity contribution in [1.82, 2.24) is 10.2 Å². The van der Waals surface area contributed by atoms with Crippen molar-refractivity contribution in [1.29, 1.82) is 0 Å². The molecule has 0 heterocycles. The average Bonchev–Trinajstić information content (AvgIpc) is 2.09. The summed E-state index contributed by atoms with van der Waals surface area (Å²) in [7, 11) is 4.12. The van der Waals surface area contributed by atoms with Gasteiger partial charge in [0.15, 0.2) is 0 Å². The number of nitrogens with zero attached hydrogens (tertiary/aromatic N) is 1. The predicted molar refractivity (Wildman–Crippen MR) is 52.5 cm³/mol. The van der Waals surface area contributed by atoms with E-state index in [1.165, 1.54) is 0 Å². The normalized spacial score (nSPS) is 11.0. The van der Waals surface area contributed by atoms with Gasteiger partial charge >= 0.3 is 0 Å². The second-order valence-electron chi connectivity index (χ2n) is 2.96. The Bertz CT molecular complexity index is 88.6. The van der Waals surface area contributed by atoms with Crippen molar-refractivity contribution in [2.24, 2.45) is 0 Å². The molecule has 74 valence electrons. The fourth-order valence-corrected chi connectivity index (χ4v) is 0.995. The molecule has 1 N–H and O–H groups in total. The second-order valence-corrected chi connectivity index (χ2v) is 2.96. The van der Waals surface area contributed by atoms with E-state index in [-0.39, 0.29) is 0 Å². The van der Waals surface area contributed by atoms with E-state index >= 15 is 0 Å². The average molecular weight is 174 g/mol. The fraction of sp³-hybridized carbons (Fsp3) is 1.00. The van der Waals surface area contributed by atoms with E-state index in [9.17, 15) is 0 Å². The zero-order valence-electron chi connectivity index (χ0n) is 8.60. The number of hydrogen-bond acceptors (Lipinski definition) is 3. The Morgan fingerprint density at radius 1 is 1.33 bits per heavy atom. The summed E-state index contributed by atoms with van der Waals surface area (Å²) in [6.07, 6.45) is 1.13. The lowest BCUT2D eigenvalue weighted by atomic mass is 10.4. The van der Waals surface area contributed by atoms with E-state index in [4.69, 9.17) is 4.74 Å². The highest BCUT2D eigenvalue weighted by molar-refractivity contribution is 4.52. The van der Waals surface area contributed by atoms with E-state index in [0.717, 1.165) is 39.3 Å². The van der Waals surface area contributed by atoms with Gasteiger partial charge in [-0.2, -0.15) is 0 Å². The third-order valence-electron chi connectivity index (χ3n) is 1.78. The Morgan fingerprint density at radius 2 is 2.08 bits per heavy atom. The van der Waals surface area contributed by atoms with Crippen LogP contribution in [0.1, 0.15) is 13.3 Å². The smallest absolute Gasteiger partial charge is 0.0478 e. The molecule has 0 spiro atoms. The van der Waals surface area contributed by atoms with Gasteiger partial charge in [0.1, 0.15) is 0 Å². The van der Waals surface area contributed by atoms with Crippen LogP contribution in [-0.2, 0) is 4.74 Å². The maximum absolute atomic E-state index is 5.25. The van der Waals surface area contributed by atoms with Gasteiger partial charge in [0.25, 0.3) is 0 Å². The van der Waals surface area contributed by atoms with Gasteiger partial charge in [0.2, 0.25) is 0 Å². The van der Waals surface area contributed by atoms with Crippen molar-refractivity contribution in [3.05, 3.63) is 0 Å². The van der Waals surface area contributed by atoms with Gasteiger partial charge in [0.05, 0.1) is 0 Å². The van der Waals surface area contributed by atoms with Crippen molar-refractivity contribution >= 4 is 0 Å². The first-order valence-corrected chi connectivity index (χ1v) is 4.72. The molecular formula is C9H22N2O. The molecule has 3 nitrogen and oxygen atoms in total. The predicted octanol–water partition coefficient (Wildman–Crippen LogP) is 0.564. The minimum Gasteiger partial charge on any atom is -0.382 e. The summed E-state index contributed by atoms with van der Waals surface area (Å²) in [5.41, 5.74) is 0. The highest BCUT2D eigenvalue weighted by Crippen LogP contribution is 1.87. The summed E-state index contributed by atoms with van der Waals surface area (Å²) in [5.74, 6) is 0. The minimum atomic E-state index is 0.834. The van der Waals surface area contributed by atoms with Crippen LogP contribution in [0, 0.1) is 0 Å². The molecule has 0 saturated heterocycles. The molecule has 0 bridgehead atoms. The summed E-state index contributed by atoms with van der Waals surface area (Å²) in [4.78, 5) is 2.32. The Balaban J connectivity index is 3.02. The first kappa shape index (κ1) is 11.9. The van der Waals surface area contributed by atoms with Crippen LogP contribution in [0.15, 0.2) is 0 Å². The number of likely N-dealkylation sites (N-methyl/N-ethyl adjacent to an activating group) is 2. The maximum Gasteiger partial charge on any atom is 0.0478 e. The summed E-state index contributed by atoms with van der Waals surface area (Å²) in [6, 6.07) is 0. The summed E-state index contributed by atoms with van der Waals surface area (Å²) >= 11 is 0. The van der Waals surface area contributed by atoms with Gasteiger partial charge in [-0.15, -0.1) is 0 Å². The van der Waals surface area contributed by atoms with Crippen LogP contribution in [0.4, 0.5) is 0 Å². The topological polar surface area (TPSA) is 24.5 Å². The van der Waals surface area contributed by atoms with Crippen LogP contribution in [0.2, 0.25) is 0 Å². The number of ether oxygens (including phenoxy) is 1. The molecule has 0 aliphatic rings. The van der Waals surface area contributed by atoms with Crippen LogP contribution in [0.25, 0.3) is 0 Å². The summed E-state index contributed by atoms with van der Waals surface area (Å²) in [5, 5.41) is 3.13. The number of rotatable bonds is 8. The van der Waals surface area contributed by atoms with Crippen molar-refractivity contribution in [3.63, 3.8) is 0 Å². The van der Waals surface area contributed by atoms with Crippen LogP contribution in [0.5, 0.6) is 0 Å². The molecule has 12 heavy (non-hydrogen) atoms. The lowest BCUT2D eigenvalue weighted by Gasteiger charge is -2.15. The van der Waals surface area contributed by atoms with Crippen LogP contribution >= 0.6 is 0 Å². The van der Waals surface area contributed by atoms with Crippen molar-refractivity contribution < 1.29 is 4.74 Å². The van der Waals surface area contributed by atoms with Crippen LogP contribution in [0.3, 0.4) is 0 Å². The molecule has 0 amide bonds. The van der Waals surface area contributed by atoms with E-state index in [0.29, 0.717) is 0 Å². The molecule has 0 aromatic carbocycles. The maximum atomic E-state index is 5.25. The molecule has 0 saturated carbocycles. The minimum absolute atomic E-state index is 0.834. The Labute approximate surface area is 76.1 Å². The van der Waals surface area contributed by atoms with Crippen molar-refractivity contribution in [2.45, 2.75) is 13.3 Å². The molecule has 0 aliphatic carbocycles. The zero-order chi connectivity index (χ0) is 9.23. The standard InChI is InChI=1S/C9H22N2O/c1-4-12-9-5-7-11(3)8-6-10-2/h10H,4-9H2,1-3H3. The molecule has 0 aromatic heterocycles. The quantitative estimate of drug-likeness (QED) is 0.544. The number of nitrogens with one attached hydrogen (secondary N) is 1. The lowest BCUT2D eigenvalue weighted by Crippen LogP contribution is -2.28. The van der Waals surface area contributed by atoms with Gasteiger partial charge in [0, 0.05) is 32.8 Å². The van der Waals surface area contributed by atoms with E-state index in [1.54, 1.807) is 0 Å². The largest absolute Gasteiger partial charge is 0.382 e. The van der Waals surface area contributed by atoms with E-state index < -0.39 is 0 Å². The second kappa shape index (κ2) is 8.97. The third kappa shape index (κ3) is 7.98. The monoisotopic (exact) mass is 174 g/mol. The lowest BCUT2D eigenvalue weighted by molar-refractivity contribution is 0.136. The molecule has 0 radical (unpaired) electrons. The van der Waals surface area contributed by atoms with Gasteiger partial charge in [-0.05, 0) is 27.4 Å². The molecule has 0 unspecified atom stereocenters. The summed E-state index contributed by atoms with van der Waals surface area (Å²) < 4.78 is 5.25. The van der Waals surface area contributed by atoms with E-state index in [1.807, 2.05) is 14.0 Å². The number of hydrogen-bond donors (Lipinski definition) is 1. The van der Waals surface area contributed by atoms with E-state index in [2.05, 4.69) is 17.3 Å². The molecule has 0 atom stereocenters. The Hall–Kier alpha value is -0.120. The molecule has 0 aliphatic heterocycles. The van der Waals surface area contributed by atoms with Crippen molar-refractivity contribution in [2.75, 3.05) is 46.9 Å². The van der Waals surface area contributed by atoms with Gasteiger partial charge in [-0.25, -0.2) is 0 Å². The Morgan fingerprint density at radius 3 is 2.67 bits per heavy atom. The summed E-state index contributed by atoms with van der Waals surface area (Å²) in [6.45, 7) is 7.06. The first-order valence-electron chi connectivity index (χ1n) is 4.72. The first-order chi connectivity index (χ1) is 5.81. The molecule has 0 rings (SSSR count). The molecule has 3 heteroatoms. The van der Waals surface area contributed by atoms with Gasteiger partial charge < -0.3 is 15.0 Å². The molecule has 0 fully saturated rings. The van der Waals surface area contributed by atoms with Gasteiger partial charge in [-0.3, -0.25) is 0 Å². The fourth-order valence-electron chi connectivity index (χ4n) is 0.995. The molecule has 0 aromatic rings.